The number of hydrogen-bond acceptors (Lipinski definition) is 15. The van der Waals surface area contributed by atoms with Crippen LogP contribution in [0.25, 0.3) is 43.6 Å². The van der Waals surface area contributed by atoms with Crippen molar-refractivity contribution in [2.24, 2.45) is 11.8 Å². The van der Waals surface area contributed by atoms with Crippen molar-refractivity contribution in [1.29, 1.82) is 0 Å². The summed E-state index contributed by atoms with van der Waals surface area (Å²) in [6, 6.07) is 13.4. The molecular formula is C58H74Cl2F3N17O7S2. The zero-order valence-corrected chi connectivity index (χ0v) is 53.8. The maximum absolute atomic E-state index is 13.1. The highest BCUT2D eigenvalue weighted by molar-refractivity contribution is 7.88. The monoisotopic (exact) mass is 1310 g/mol. The summed E-state index contributed by atoms with van der Waals surface area (Å²) in [5.41, 5.74) is 6.50. The Morgan fingerprint density at radius 3 is 1.49 bits per heavy atom. The number of carbonyl (C=O) groups is 3. The second kappa shape index (κ2) is 27.3. The molecule has 3 atom stereocenters. The van der Waals surface area contributed by atoms with E-state index < -0.39 is 31.8 Å². The van der Waals surface area contributed by atoms with E-state index in [0.717, 1.165) is 126 Å². The number of H-pyrrole nitrogens is 4. The minimum atomic E-state index is -4.47. The van der Waals surface area contributed by atoms with Gasteiger partial charge in [0.2, 0.25) is 37.8 Å². The zero-order chi connectivity index (χ0) is 64.3. The predicted molar refractivity (Wildman–Crippen MR) is 343 cm³/mol. The van der Waals surface area contributed by atoms with E-state index in [0.29, 0.717) is 59.4 Å². The molecule has 4 aliphatic heterocycles. The molecule has 12 rings (SSSR count). The van der Waals surface area contributed by atoms with Crippen molar-refractivity contribution in [1.82, 2.24) is 59.6 Å². The maximum Gasteiger partial charge on any atom is 0.416 e. The summed E-state index contributed by atoms with van der Waals surface area (Å²) < 4.78 is 88.9. The van der Waals surface area contributed by atoms with Crippen molar-refractivity contribution in [3.63, 3.8) is 0 Å². The molecule has 0 spiro atoms. The summed E-state index contributed by atoms with van der Waals surface area (Å²) in [5, 5.41) is 35.3. The number of rotatable bonds is 9. The molecule has 480 valence electrons. The van der Waals surface area contributed by atoms with E-state index in [2.05, 4.69) is 60.8 Å². The highest BCUT2D eigenvalue weighted by atomic mass is 35.5. The zero-order valence-electron chi connectivity index (χ0n) is 50.7. The van der Waals surface area contributed by atoms with Crippen LogP contribution in [0, 0.1) is 11.8 Å². The molecule has 31 heteroatoms. The lowest BCUT2D eigenvalue weighted by molar-refractivity contribution is -0.137. The molecule has 5 N–H and O–H groups in total. The molecule has 3 amide bonds. The van der Waals surface area contributed by atoms with E-state index in [1.54, 1.807) is 41.9 Å². The molecule has 0 aliphatic carbocycles. The molecule has 0 saturated carbocycles. The number of aromatic amines is 4. The number of aromatic nitrogens is 8. The molecule has 4 aliphatic rings. The smallest absolute Gasteiger partial charge is 0.370 e. The lowest BCUT2D eigenvalue weighted by Gasteiger charge is -2.40. The SMILES string of the molecule is CC(=O)N(C)c1cc(N2CCN(S(C)(=O)=O)CC2)c2cn[nH]c2c1.CN(C)C(=O)C1CCCN(c2cc(Cl)cc3[nH]ncc23)C1.CNC(=O)C1CCCN(c2cc(Cl)cc3[nH]ncc23)C1.C[C@H]1CN(S(C)(=O)=O)CCN1c1cc(C(F)(F)F)cc2[nH]ncc12. The first-order valence-corrected chi connectivity index (χ1v) is 33.4. The van der Waals surface area contributed by atoms with Crippen LogP contribution in [0.2, 0.25) is 10.0 Å². The van der Waals surface area contributed by atoms with Gasteiger partial charge in [-0.05, 0) is 81.1 Å². The summed E-state index contributed by atoms with van der Waals surface area (Å²) in [6.45, 7) is 9.52. The van der Waals surface area contributed by atoms with E-state index in [9.17, 15) is 44.4 Å². The second-order valence-electron chi connectivity index (χ2n) is 22.9. The number of alkyl halides is 3. The number of fused-ring (bicyclic) bond motifs is 4. The van der Waals surface area contributed by atoms with Gasteiger partial charge in [-0.3, -0.25) is 34.8 Å². The fourth-order valence-corrected chi connectivity index (χ4v) is 14.0. The van der Waals surface area contributed by atoms with Gasteiger partial charge in [0.25, 0.3) is 0 Å². The van der Waals surface area contributed by atoms with E-state index in [1.807, 2.05) is 62.9 Å². The number of amides is 3. The quantitative estimate of drug-likeness (QED) is 0.0943. The van der Waals surface area contributed by atoms with Crippen LogP contribution in [0.15, 0.2) is 73.3 Å². The van der Waals surface area contributed by atoms with Gasteiger partial charge in [-0.2, -0.15) is 42.2 Å². The number of halogens is 5. The Morgan fingerprint density at radius 2 is 1.03 bits per heavy atom. The third-order valence-corrected chi connectivity index (χ3v) is 19.6. The standard InChI is InChI=1S/C15H19ClN4O.C15H21N5O3S.C14H17ClN4O.C14H17F3N4O2S/c1-19(2)15(21)10-4-3-5-20(9-10)14-7-11(16)6-13-12(14)8-17-18-13;1-11(21)18(2)12-8-14-13(10-16-17-14)15(9-12)19-4-6-20(7-5-19)24(3,22)23;1-16-14(20)9-3-2-4-19(8-9)13-6-10(15)5-12-11(13)7-17-18-12;1-9-8-20(24(2,22)23)3-4-21(9)13-6-10(14(15,16)17)5-12-11(13)7-18-19-12/h6-8,10H,3-5,9H2,1-2H3,(H,17,18);8-10H,4-7H2,1-3H3,(H,16,17);5-7,9H,2-4,8H2,1H3,(H,16,20)(H,17,18);5-7,9H,3-4,8H2,1-2H3,(H,18,19)/t;;;9-/m...0/s1. The van der Waals surface area contributed by atoms with Crippen molar-refractivity contribution in [2.75, 3.05) is 137 Å². The molecule has 0 radical (unpaired) electrons. The van der Waals surface area contributed by atoms with E-state index >= 15 is 0 Å². The van der Waals surface area contributed by atoms with Gasteiger partial charge in [0.1, 0.15) is 0 Å². The fourth-order valence-electron chi connectivity index (χ4n) is 11.8. The lowest BCUT2D eigenvalue weighted by Crippen LogP contribution is -2.53. The van der Waals surface area contributed by atoms with Gasteiger partial charge in [0.15, 0.2) is 0 Å². The molecule has 4 aromatic carbocycles. The number of benzene rings is 4. The largest absolute Gasteiger partial charge is 0.416 e. The van der Waals surface area contributed by atoms with Gasteiger partial charge in [-0.25, -0.2) is 16.8 Å². The van der Waals surface area contributed by atoms with Crippen LogP contribution in [-0.4, -0.2) is 208 Å². The number of nitrogens with one attached hydrogen (secondary N) is 5. The number of carbonyl (C=O) groups excluding carboxylic acids is 3. The summed E-state index contributed by atoms with van der Waals surface area (Å²) in [7, 11) is 0.566. The molecule has 8 heterocycles. The molecule has 8 aromatic rings. The topological polar surface area (TPSA) is 272 Å². The van der Waals surface area contributed by atoms with Gasteiger partial charge in [-0.1, -0.05) is 23.2 Å². The van der Waals surface area contributed by atoms with Gasteiger partial charge in [0.05, 0.1) is 76.8 Å². The van der Waals surface area contributed by atoms with Crippen molar-refractivity contribution >= 4 is 133 Å². The number of nitrogens with zero attached hydrogens (tertiary/aromatic N) is 12. The minimum absolute atomic E-state index is 0.0367. The molecule has 4 saturated heterocycles. The van der Waals surface area contributed by atoms with Crippen molar-refractivity contribution < 1.29 is 44.4 Å². The normalized spacial score (nSPS) is 18.9. The number of piperidine rings is 2. The molecular weight excluding hydrogens is 1240 g/mol. The van der Waals surface area contributed by atoms with Crippen molar-refractivity contribution in [3.8, 4) is 0 Å². The molecule has 4 aromatic heterocycles. The first-order valence-electron chi connectivity index (χ1n) is 28.9. The number of anilines is 5. The Labute approximate surface area is 524 Å². The summed E-state index contributed by atoms with van der Waals surface area (Å²) >= 11 is 12.4. The van der Waals surface area contributed by atoms with Gasteiger partial charge in [0, 0.05) is 173 Å². The maximum atomic E-state index is 13.1. The Morgan fingerprint density at radius 1 is 0.584 bits per heavy atom. The van der Waals surface area contributed by atoms with Crippen LogP contribution < -0.4 is 29.8 Å². The summed E-state index contributed by atoms with van der Waals surface area (Å²) in [5.74, 6) is 0.344. The third-order valence-electron chi connectivity index (χ3n) is 16.6. The minimum Gasteiger partial charge on any atom is -0.370 e. The van der Waals surface area contributed by atoms with E-state index in [-0.39, 0.29) is 48.7 Å². The Bertz CT molecular complexity index is 4080. The van der Waals surface area contributed by atoms with Crippen LogP contribution in [0.3, 0.4) is 0 Å². The third kappa shape index (κ3) is 15.4. The van der Waals surface area contributed by atoms with Crippen LogP contribution in [-0.2, 0) is 40.6 Å². The van der Waals surface area contributed by atoms with Gasteiger partial charge < -0.3 is 34.7 Å². The van der Waals surface area contributed by atoms with Gasteiger partial charge >= 0.3 is 6.18 Å². The summed E-state index contributed by atoms with van der Waals surface area (Å²) in [6.07, 6.45) is 8.67. The summed E-state index contributed by atoms with van der Waals surface area (Å²) in [4.78, 5) is 47.4. The fraction of sp³-hybridized carbons (Fsp3) is 0.466. The molecule has 4 fully saturated rings. The highest BCUT2D eigenvalue weighted by Gasteiger charge is 2.36. The average molecular weight is 1310 g/mol. The van der Waals surface area contributed by atoms with Crippen LogP contribution >= 0.6 is 23.2 Å². The average Bonchev–Trinajstić information content (AvgIpc) is 1.96. The Balaban J connectivity index is 0.000000141. The number of piperazine rings is 2. The number of hydrogen-bond donors (Lipinski definition) is 5. The Hall–Kier alpha value is -7.44. The number of sulfonamides is 2. The lowest BCUT2D eigenvalue weighted by atomic mass is 9.96. The van der Waals surface area contributed by atoms with E-state index in [1.165, 1.54) is 28.0 Å². The molecule has 89 heavy (non-hydrogen) atoms. The van der Waals surface area contributed by atoms with E-state index in [4.69, 9.17) is 23.2 Å². The van der Waals surface area contributed by atoms with Crippen LogP contribution in [0.4, 0.5) is 41.6 Å². The molecule has 24 nitrogen and oxygen atoms in total. The first kappa shape index (κ1) is 66.0. The Kier molecular flexibility index (Phi) is 20.3. The first-order chi connectivity index (χ1) is 42.1. The van der Waals surface area contributed by atoms with Crippen molar-refractivity contribution in [3.05, 3.63) is 88.9 Å². The van der Waals surface area contributed by atoms with Crippen LogP contribution in [0.1, 0.15) is 45.1 Å². The molecule has 0 bridgehead atoms. The highest BCUT2D eigenvalue weighted by Crippen LogP contribution is 2.39. The van der Waals surface area contributed by atoms with Crippen LogP contribution in [0.5, 0.6) is 0 Å². The second-order valence-corrected chi connectivity index (χ2v) is 27.8. The molecule has 2 unspecified atom stereocenters. The van der Waals surface area contributed by atoms with Crippen molar-refractivity contribution in [2.45, 2.75) is 51.7 Å². The predicted octanol–water partition coefficient (Wildman–Crippen LogP) is 7.38. The van der Waals surface area contributed by atoms with Gasteiger partial charge in [-0.15, -0.1) is 0 Å².